The predicted molar refractivity (Wildman–Crippen MR) is 123 cm³/mol. The Labute approximate surface area is 196 Å². The zero-order valence-corrected chi connectivity index (χ0v) is 18.9. The minimum absolute atomic E-state index is 0.260. The molecule has 1 amide bonds. The monoisotopic (exact) mass is 520 g/mol. The molecule has 0 bridgehead atoms. The number of hydrogen-bond donors (Lipinski definition) is 1. The number of hydrogen-bond acceptors (Lipinski definition) is 5. The summed E-state index contributed by atoms with van der Waals surface area (Å²) in [4.78, 5) is 24.0. The molecule has 0 saturated heterocycles. The predicted octanol–water partition coefficient (Wildman–Crippen LogP) is 5.50. The van der Waals surface area contributed by atoms with E-state index in [4.69, 9.17) is 32.7 Å². The molecule has 6 nitrogen and oxygen atoms in total. The van der Waals surface area contributed by atoms with Gasteiger partial charge < -0.3 is 9.47 Å². The van der Waals surface area contributed by atoms with Crippen LogP contribution in [-0.2, 0) is 4.79 Å². The summed E-state index contributed by atoms with van der Waals surface area (Å²) in [6.45, 7) is -0.260. The van der Waals surface area contributed by atoms with Crippen LogP contribution in [0.15, 0.2) is 76.3 Å². The Bertz CT molecular complexity index is 1100. The first-order valence-electron chi connectivity index (χ1n) is 8.88. The van der Waals surface area contributed by atoms with Gasteiger partial charge in [-0.1, -0.05) is 39.1 Å². The van der Waals surface area contributed by atoms with Gasteiger partial charge in [-0.3, -0.25) is 4.79 Å². The number of hydrazone groups is 1. The van der Waals surface area contributed by atoms with E-state index in [1.807, 2.05) is 0 Å². The fourth-order valence-corrected chi connectivity index (χ4v) is 3.05. The van der Waals surface area contributed by atoms with Crippen molar-refractivity contribution in [1.29, 1.82) is 0 Å². The van der Waals surface area contributed by atoms with Crippen molar-refractivity contribution in [2.45, 2.75) is 0 Å². The Balaban J connectivity index is 1.47. The van der Waals surface area contributed by atoms with E-state index < -0.39 is 11.9 Å². The van der Waals surface area contributed by atoms with E-state index in [9.17, 15) is 9.59 Å². The molecule has 9 heteroatoms. The van der Waals surface area contributed by atoms with Crippen LogP contribution in [0.2, 0.25) is 10.0 Å². The zero-order chi connectivity index (χ0) is 22.2. The molecule has 3 aromatic carbocycles. The van der Waals surface area contributed by atoms with E-state index in [1.165, 1.54) is 12.3 Å². The normalized spacial score (nSPS) is 10.7. The maximum atomic E-state index is 12.1. The lowest BCUT2D eigenvalue weighted by molar-refractivity contribution is -0.123. The van der Waals surface area contributed by atoms with Crippen molar-refractivity contribution in [3.05, 3.63) is 92.4 Å². The van der Waals surface area contributed by atoms with E-state index in [0.717, 1.165) is 4.47 Å². The molecule has 0 radical (unpaired) electrons. The summed E-state index contributed by atoms with van der Waals surface area (Å²) in [7, 11) is 0. The Morgan fingerprint density at radius 3 is 2.39 bits per heavy atom. The van der Waals surface area contributed by atoms with Gasteiger partial charge in [0.1, 0.15) is 11.5 Å². The maximum Gasteiger partial charge on any atom is 0.343 e. The average Bonchev–Trinajstić information content (AvgIpc) is 2.75. The molecule has 0 fully saturated rings. The molecule has 158 valence electrons. The first-order valence-corrected chi connectivity index (χ1v) is 10.4. The summed E-state index contributed by atoms with van der Waals surface area (Å²) in [5.74, 6) is -0.176. The number of ether oxygens (including phenoxy) is 2. The van der Waals surface area contributed by atoms with Crippen LogP contribution in [0.1, 0.15) is 15.9 Å². The van der Waals surface area contributed by atoms with Crippen molar-refractivity contribution in [2.24, 2.45) is 5.10 Å². The third-order valence-corrected chi connectivity index (χ3v) is 4.89. The fraction of sp³-hybridized carbons (Fsp3) is 0.0455. The van der Waals surface area contributed by atoms with Gasteiger partial charge in [-0.05, 0) is 72.3 Å². The maximum absolute atomic E-state index is 12.1. The SMILES string of the molecule is O=C(COc1ccc(Cl)cc1Cl)N/N=C/c1ccc(OC(=O)c2ccc(Br)cc2)cc1. The Morgan fingerprint density at radius 2 is 1.71 bits per heavy atom. The second-order valence-corrected chi connectivity index (χ2v) is 7.88. The highest BCUT2D eigenvalue weighted by atomic mass is 79.9. The van der Waals surface area contributed by atoms with Crippen LogP contribution in [0.3, 0.4) is 0 Å². The molecule has 0 aromatic heterocycles. The van der Waals surface area contributed by atoms with E-state index in [0.29, 0.717) is 32.7 Å². The molecule has 3 aromatic rings. The number of benzene rings is 3. The lowest BCUT2D eigenvalue weighted by Gasteiger charge is -2.07. The van der Waals surface area contributed by atoms with Gasteiger partial charge in [-0.2, -0.15) is 5.10 Å². The van der Waals surface area contributed by atoms with Crippen LogP contribution in [0.5, 0.6) is 11.5 Å². The number of nitrogens with one attached hydrogen (secondary N) is 1. The molecule has 0 aliphatic rings. The molecule has 0 atom stereocenters. The largest absolute Gasteiger partial charge is 0.482 e. The third-order valence-electron chi connectivity index (χ3n) is 3.83. The summed E-state index contributed by atoms with van der Waals surface area (Å²) in [5, 5.41) is 4.65. The summed E-state index contributed by atoms with van der Waals surface area (Å²) >= 11 is 15.1. The minimum atomic E-state index is -0.457. The van der Waals surface area contributed by atoms with Crippen molar-refractivity contribution in [3.63, 3.8) is 0 Å². The summed E-state index contributed by atoms with van der Waals surface area (Å²) in [5.41, 5.74) is 3.49. The minimum Gasteiger partial charge on any atom is -0.482 e. The van der Waals surface area contributed by atoms with E-state index in [-0.39, 0.29) is 6.61 Å². The van der Waals surface area contributed by atoms with Crippen molar-refractivity contribution >= 4 is 57.2 Å². The number of esters is 1. The number of nitrogens with zero attached hydrogens (tertiary/aromatic N) is 1. The molecule has 0 aliphatic carbocycles. The second kappa shape index (κ2) is 10.9. The Morgan fingerprint density at radius 1 is 1.00 bits per heavy atom. The molecular weight excluding hydrogens is 507 g/mol. The smallest absolute Gasteiger partial charge is 0.343 e. The van der Waals surface area contributed by atoms with E-state index in [2.05, 4.69) is 26.5 Å². The van der Waals surface area contributed by atoms with Gasteiger partial charge in [0, 0.05) is 9.50 Å². The number of carbonyl (C=O) groups excluding carboxylic acids is 2. The number of rotatable bonds is 7. The summed E-state index contributed by atoms with van der Waals surface area (Å²) < 4.78 is 11.5. The number of amides is 1. The highest BCUT2D eigenvalue weighted by Gasteiger charge is 2.08. The molecule has 1 N–H and O–H groups in total. The van der Waals surface area contributed by atoms with Crippen molar-refractivity contribution in [1.82, 2.24) is 5.43 Å². The zero-order valence-electron chi connectivity index (χ0n) is 15.8. The van der Waals surface area contributed by atoms with Gasteiger partial charge in [0.2, 0.25) is 0 Å². The summed E-state index contributed by atoms with van der Waals surface area (Å²) in [6.07, 6.45) is 1.45. The molecular formula is C22H15BrCl2N2O4. The van der Waals surface area contributed by atoms with Crippen LogP contribution in [-0.4, -0.2) is 24.7 Å². The first-order chi connectivity index (χ1) is 14.9. The molecule has 0 heterocycles. The molecule has 3 rings (SSSR count). The van der Waals surface area contributed by atoms with E-state index >= 15 is 0 Å². The van der Waals surface area contributed by atoms with Crippen molar-refractivity contribution in [3.8, 4) is 11.5 Å². The van der Waals surface area contributed by atoms with Crippen molar-refractivity contribution < 1.29 is 19.1 Å². The lowest BCUT2D eigenvalue weighted by Crippen LogP contribution is -2.24. The van der Waals surface area contributed by atoms with Gasteiger partial charge in [0.15, 0.2) is 6.61 Å². The lowest BCUT2D eigenvalue weighted by atomic mass is 10.2. The first kappa shape index (κ1) is 22.8. The molecule has 31 heavy (non-hydrogen) atoms. The van der Waals surface area contributed by atoms with Gasteiger partial charge in [0.05, 0.1) is 16.8 Å². The van der Waals surface area contributed by atoms with Crippen LogP contribution in [0.25, 0.3) is 0 Å². The van der Waals surface area contributed by atoms with Gasteiger partial charge >= 0.3 is 5.97 Å². The summed E-state index contributed by atoms with van der Waals surface area (Å²) in [6, 6.07) is 18.2. The molecule has 0 spiro atoms. The number of carbonyl (C=O) groups is 2. The van der Waals surface area contributed by atoms with Crippen LogP contribution in [0.4, 0.5) is 0 Å². The number of halogens is 3. The van der Waals surface area contributed by atoms with Crippen LogP contribution < -0.4 is 14.9 Å². The fourth-order valence-electron chi connectivity index (χ4n) is 2.32. The standard InChI is InChI=1S/C22H15BrCl2N2O4/c23-16-5-3-15(4-6-16)22(29)31-18-8-1-14(2-9-18)12-26-27-21(28)13-30-20-10-7-17(24)11-19(20)25/h1-12H,13H2,(H,27,28)/b26-12+. The Hall–Kier alpha value is -2.87. The van der Waals surface area contributed by atoms with Crippen LogP contribution in [0, 0.1) is 0 Å². The van der Waals surface area contributed by atoms with Gasteiger partial charge in [0.25, 0.3) is 5.91 Å². The van der Waals surface area contributed by atoms with Gasteiger partial charge in [-0.15, -0.1) is 0 Å². The van der Waals surface area contributed by atoms with E-state index in [1.54, 1.807) is 60.7 Å². The van der Waals surface area contributed by atoms with Gasteiger partial charge in [-0.25, -0.2) is 10.2 Å². The highest BCUT2D eigenvalue weighted by molar-refractivity contribution is 9.10. The Kier molecular flexibility index (Phi) is 8.06. The highest BCUT2D eigenvalue weighted by Crippen LogP contribution is 2.27. The molecule has 0 unspecified atom stereocenters. The quantitative estimate of drug-likeness (QED) is 0.192. The molecule has 0 aliphatic heterocycles. The second-order valence-electron chi connectivity index (χ2n) is 6.12. The van der Waals surface area contributed by atoms with Crippen molar-refractivity contribution in [2.75, 3.05) is 6.61 Å². The average molecular weight is 522 g/mol. The third kappa shape index (κ3) is 7.10. The molecule has 0 saturated carbocycles. The topological polar surface area (TPSA) is 77.0 Å². The van der Waals surface area contributed by atoms with Crippen LogP contribution >= 0.6 is 39.1 Å².